The molecule has 22 heavy (non-hydrogen) atoms. The lowest BCUT2D eigenvalue weighted by molar-refractivity contribution is 0.341. The monoisotopic (exact) mass is 314 g/mol. The summed E-state index contributed by atoms with van der Waals surface area (Å²) in [6.07, 6.45) is 14.1. The second kappa shape index (κ2) is 15.6. The number of allylic oxidation sites excluding steroid dienone is 1. The van der Waals surface area contributed by atoms with Crippen molar-refractivity contribution in [3.8, 4) is 0 Å². The lowest BCUT2D eigenvalue weighted by Crippen LogP contribution is -2.00. The molecule has 134 valence electrons. The SMILES string of the molecule is C/C(=C\CO)CCC[C@H](C)CCC[C@H](C)CCCC(C)C.O. The molecule has 0 aromatic heterocycles. The summed E-state index contributed by atoms with van der Waals surface area (Å²) in [6, 6.07) is 0. The molecule has 0 fully saturated rings. The highest BCUT2D eigenvalue weighted by atomic mass is 16.2. The third kappa shape index (κ3) is 16.0. The Morgan fingerprint density at radius 2 is 1.27 bits per heavy atom. The predicted octanol–water partition coefficient (Wildman–Crippen LogP) is 5.54. The van der Waals surface area contributed by atoms with Crippen LogP contribution in [-0.2, 0) is 0 Å². The van der Waals surface area contributed by atoms with E-state index < -0.39 is 0 Å². The van der Waals surface area contributed by atoms with E-state index in [4.69, 9.17) is 5.11 Å². The molecule has 3 N–H and O–H groups in total. The third-order valence-corrected chi connectivity index (χ3v) is 4.58. The average Bonchev–Trinajstić information content (AvgIpc) is 2.38. The van der Waals surface area contributed by atoms with E-state index in [-0.39, 0.29) is 12.1 Å². The van der Waals surface area contributed by atoms with Crippen LogP contribution < -0.4 is 0 Å². The first-order valence-electron chi connectivity index (χ1n) is 9.22. The number of aliphatic hydroxyl groups excluding tert-OH is 1. The van der Waals surface area contributed by atoms with E-state index >= 15 is 0 Å². The Hall–Kier alpha value is -0.340. The van der Waals surface area contributed by atoms with Crippen LogP contribution in [0.2, 0.25) is 0 Å². The molecule has 0 saturated carbocycles. The molecular weight excluding hydrogens is 272 g/mol. The fourth-order valence-electron chi connectivity index (χ4n) is 2.97. The second-order valence-electron chi connectivity index (χ2n) is 7.59. The normalized spacial score (nSPS) is 14.8. The Balaban J connectivity index is 0. The van der Waals surface area contributed by atoms with Gasteiger partial charge in [0.15, 0.2) is 0 Å². The zero-order chi connectivity index (χ0) is 16.1. The Morgan fingerprint density at radius 1 is 0.818 bits per heavy atom. The van der Waals surface area contributed by atoms with Crippen molar-refractivity contribution < 1.29 is 10.6 Å². The first-order valence-corrected chi connectivity index (χ1v) is 9.22. The summed E-state index contributed by atoms with van der Waals surface area (Å²) in [5.74, 6) is 2.63. The summed E-state index contributed by atoms with van der Waals surface area (Å²) >= 11 is 0. The molecule has 0 aromatic carbocycles. The summed E-state index contributed by atoms with van der Waals surface area (Å²) in [7, 11) is 0. The smallest absolute Gasteiger partial charge is 0.0614 e. The molecule has 0 radical (unpaired) electrons. The van der Waals surface area contributed by atoms with E-state index in [0.717, 1.165) is 24.2 Å². The number of aliphatic hydroxyl groups is 1. The highest BCUT2D eigenvalue weighted by molar-refractivity contribution is 4.97. The zero-order valence-corrected chi connectivity index (χ0v) is 15.8. The molecule has 0 saturated heterocycles. The maximum atomic E-state index is 8.83. The van der Waals surface area contributed by atoms with Crippen molar-refractivity contribution in [3.63, 3.8) is 0 Å². The molecule has 0 amide bonds. The predicted molar refractivity (Wildman–Crippen MR) is 99.2 cm³/mol. The van der Waals surface area contributed by atoms with Gasteiger partial charge in [0.2, 0.25) is 0 Å². The molecule has 2 atom stereocenters. The van der Waals surface area contributed by atoms with Crippen LogP contribution in [0.5, 0.6) is 0 Å². The largest absolute Gasteiger partial charge is 0.412 e. The van der Waals surface area contributed by atoms with E-state index in [9.17, 15) is 0 Å². The van der Waals surface area contributed by atoms with Crippen LogP contribution in [0.25, 0.3) is 0 Å². The van der Waals surface area contributed by atoms with Gasteiger partial charge in [0.1, 0.15) is 0 Å². The second-order valence-corrected chi connectivity index (χ2v) is 7.59. The van der Waals surface area contributed by atoms with Gasteiger partial charge in [0.25, 0.3) is 0 Å². The molecule has 0 unspecified atom stereocenters. The maximum absolute atomic E-state index is 8.83. The Morgan fingerprint density at radius 3 is 1.73 bits per heavy atom. The van der Waals surface area contributed by atoms with Gasteiger partial charge >= 0.3 is 0 Å². The summed E-state index contributed by atoms with van der Waals surface area (Å²) in [6.45, 7) is 11.8. The highest BCUT2D eigenvalue weighted by Gasteiger charge is 2.06. The highest BCUT2D eigenvalue weighted by Crippen LogP contribution is 2.21. The minimum atomic E-state index is 0. The minimum Gasteiger partial charge on any atom is -0.412 e. The van der Waals surface area contributed by atoms with Gasteiger partial charge in [-0.2, -0.15) is 0 Å². The van der Waals surface area contributed by atoms with Crippen LogP contribution in [0.15, 0.2) is 11.6 Å². The van der Waals surface area contributed by atoms with Gasteiger partial charge in [0, 0.05) is 0 Å². The van der Waals surface area contributed by atoms with Crippen molar-refractivity contribution in [2.45, 2.75) is 92.4 Å². The Labute approximate surface area is 139 Å². The van der Waals surface area contributed by atoms with Crippen molar-refractivity contribution in [3.05, 3.63) is 11.6 Å². The van der Waals surface area contributed by atoms with E-state index in [2.05, 4.69) is 34.6 Å². The maximum Gasteiger partial charge on any atom is 0.0614 e. The van der Waals surface area contributed by atoms with Crippen molar-refractivity contribution in [1.82, 2.24) is 0 Å². The molecule has 0 rings (SSSR count). The van der Waals surface area contributed by atoms with E-state index in [1.807, 2.05) is 6.08 Å². The summed E-state index contributed by atoms with van der Waals surface area (Å²) < 4.78 is 0. The fourth-order valence-corrected chi connectivity index (χ4v) is 2.97. The molecule has 0 aliphatic carbocycles. The van der Waals surface area contributed by atoms with Gasteiger partial charge in [-0.1, -0.05) is 84.3 Å². The van der Waals surface area contributed by atoms with Crippen molar-refractivity contribution >= 4 is 0 Å². The summed E-state index contributed by atoms with van der Waals surface area (Å²) in [4.78, 5) is 0. The average molecular weight is 315 g/mol. The van der Waals surface area contributed by atoms with Crippen molar-refractivity contribution in [2.75, 3.05) is 6.61 Å². The van der Waals surface area contributed by atoms with Gasteiger partial charge in [-0.15, -0.1) is 0 Å². The van der Waals surface area contributed by atoms with Gasteiger partial charge in [-0.3, -0.25) is 0 Å². The quantitative estimate of drug-likeness (QED) is 0.446. The number of hydrogen-bond donors (Lipinski definition) is 1. The van der Waals surface area contributed by atoms with Crippen molar-refractivity contribution in [1.29, 1.82) is 0 Å². The molecule has 2 heteroatoms. The van der Waals surface area contributed by atoms with Crippen LogP contribution in [-0.4, -0.2) is 17.2 Å². The lowest BCUT2D eigenvalue weighted by Gasteiger charge is -2.15. The molecule has 0 heterocycles. The first-order chi connectivity index (χ1) is 9.95. The summed E-state index contributed by atoms with van der Waals surface area (Å²) in [5, 5.41) is 8.83. The minimum absolute atomic E-state index is 0. The third-order valence-electron chi connectivity index (χ3n) is 4.58. The van der Waals surface area contributed by atoms with Crippen LogP contribution >= 0.6 is 0 Å². The van der Waals surface area contributed by atoms with Gasteiger partial charge < -0.3 is 10.6 Å². The molecule has 0 aromatic rings. The molecule has 0 aliphatic rings. The molecule has 0 spiro atoms. The topological polar surface area (TPSA) is 51.7 Å². The van der Waals surface area contributed by atoms with Crippen LogP contribution in [0, 0.1) is 17.8 Å². The van der Waals surface area contributed by atoms with E-state index in [0.29, 0.717) is 0 Å². The number of rotatable bonds is 13. The molecule has 0 bridgehead atoms. The van der Waals surface area contributed by atoms with Crippen molar-refractivity contribution in [2.24, 2.45) is 17.8 Å². The number of hydrogen-bond acceptors (Lipinski definition) is 1. The van der Waals surface area contributed by atoms with E-state index in [1.165, 1.54) is 56.9 Å². The molecule has 0 aliphatic heterocycles. The molecule has 2 nitrogen and oxygen atoms in total. The lowest BCUT2D eigenvalue weighted by atomic mass is 9.91. The fraction of sp³-hybridized carbons (Fsp3) is 0.900. The van der Waals surface area contributed by atoms with E-state index in [1.54, 1.807) is 0 Å². The van der Waals surface area contributed by atoms with Gasteiger partial charge in [-0.05, 0) is 37.5 Å². The molecular formula is C20H42O2. The Kier molecular flexibility index (Phi) is 16.9. The van der Waals surface area contributed by atoms with Gasteiger partial charge in [-0.25, -0.2) is 0 Å². The zero-order valence-electron chi connectivity index (χ0n) is 15.8. The van der Waals surface area contributed by atoms with Crippen LogP contribution in [0.4, 0.5) is 0 Å². The van der Waals surface area contributed by atoms with Crippen LogP contribution in [0.3, 0.4) is 0 Å². The standard InChI is InChI=1S/C20H40O.H2O/c1-17(2)9-6-10-18(3)11-7-12-19(4)13-8-14-20(5)15-16-21;/h15,17-19,21H,6-14,16H2,1-5H3;1H2/b20-15+;/t18-,19-;/m1./s1. The van der Waals surface area contributed by atoms with Crippen LogP contribution in [0.1, 0.15) is 92.4 Å². The first kappa shape index (κ1) is 23.9. The summed E-state index contributed by atoms with van der Waals surface area (Å²) in [5.41, 5.74) is 1.34. The van der Waals surface area contributed by atoms with Gasteiger partial charge in [0.05, 0.1) is 6.61 Å². The Bertz CT molecular complexity index is 258.